The van der Waals surface area contributed by atoms with Crippen LogP contribution < -0.4 is 0 Å². The van der Waals surface area contributed by atoms with E-state index in [2.05, 4.69) is 6.58 Å². The number of ether oxygens (including phenoxy) is 1. The van der Waals surface area contributed by atoms with E-state index >= 15 is 0 Å². The Morgan fingerprint density at radius 3 is 3.14 bits per heavy atom. The van der Waals surface area contributed by atoms with Gasteiger partial charge in [-0.15, -0.1) is 6.58 Å². The van der Waals surface area contributed by atoms with E-state index in [9.17, 15) is 4.79 Å². The van der Waals surface area contributed by atoms with Crippen molar-refractivity contribution < 1.29 is 9.53 Å². The third-order valence-corrected chi connectivity index (χ3v) is 2.44. The number of hydrogen-bond donors (Lipinski definition) is 0. The van der Waals surface area contributed by atoms with Gasteiger partial charge in [-0.05, 0) is 26.2 Å². The quantitative estimate of drug-likeness (QED) is 0.630. The number of carbonyl (C=O) groups is 1. The van der Waals surface area contributed by atoms with E-state index in [0.29, 0.717) is 13.0 Å². The lowest BCUT2D eigenvalue weighted by molar-refractivity contribution is -0.152. The maximum atomic E-state index is 11.6. The van der Waals surface area contributed by atoms with Crippen LogP contribution in [0.4, 0.5) is 0 Å². The molecule has 1 unspecified atom stereocenters. The molecule has 3 heteroatoms. The molecule has 0 aromatic heterocycles. The second-order valence-corrected chi connectivity index (χ2v) is 3.47. The molecule has 0 aliphatic carbocycles. The fourth-order valence-corrected chi connectivity index (χ4v) is 1.75. The molecule has 3 nitrogen and oxygen atoms in total. The Hall–Kier alpha value is -0.830. The normalized spacial score (nSPS) is 22.5. The topological polar surface area (TPSA) is 29.5 Å². The fraction of sp³-hybridized carbons (Fsp3) is 0.727. The second kappa shape index (κ2) is 5.81. The predicted molar refractivity (Wildman–Crippen MR) is 55.8 cm³/mol. The number of carbonyl (C=O) groups excluding carboxylic acids is 1. The molecular formula is C11H19NO2. The zero-order valence-corrected chi connectivity index (χ0v) is 8.87. The first kappa shape index (κ1) is 11.2. The maximum Gasteiger partial charge on any atom is 0.224 e. The largest absolute Gasteiger partial charge is 0.359 e. The number of rotatable bonds is 5. The van der Waals surface area contributed by atoms with Gasteiger partial charge < -0.3 is 9.64 Å². The molecule has 14 heavy (non-hydrogen) atoms. The summed E-state index contributed by atoms with van der Waals surface area (Å²) < 4.78 is 5.53. The molecule has 1 aliphatic heterocycles. The SMILES string of the molecule is C=CCCN1C(=O)CCCC1OCC. The fourth-order valence-electron chi connectivity index (χ4n) is 1.75. The van der Waals surface area contributed by atoms with Gasteiger partial charge in [0.05, 0.1) is 0 Å². The highest BCUT2D eigenvalue weighted by Gasteiger charge is 2.27. The van der Waals surface area contributed by atoms with Crippen LogP contribution >= 0.6 is 0 Å². The molecule has 1 heterocycles. The summed E-state index contributed by atoms with van der Waals surface area (Å²) in [7, 11) is 0. The zero-order chi connectivity index (χ0) is 10.4. The smallest absolute Gasteiger partial charge is 0.224 e. The van der Waals surface area contributed by atoms with Crippen molar-refractivity contribution >= 4 is 5.91 Å². The van der Waals surface area contributed by atoms with Gasteiger partial charge in [0, 0.05) is 19.6 Å². The first-order valence-corrected chi connectivity index (χ1v) is 5.31. The molecule has 1 rings (SSSR count). The third-order valence-electron chi connectivity index (χ3n) is 2.44. The van der Waals surface area contributed by atoms with Gasteiger partial charge in [-0.3, -0.25) is 4.79 Å². The molecule has 1 aliphatic rings. The Labute approximate surface area is 85.7 Å². The van der Waals surface area contributed by atoms with E-state index in [1.165, 1.54) is 0 Å². The third kappa shape index (κ3) is 2.84. The van der Waals surface area contributed by atoms with Crippen LogP contribution in [0.15, 0.2) is 12.7 Å². The first-order chi connectivity index (χ1) is 6.79. The average Bonchev–Trinajstić information content (AvgIpc) is 2.18. The van der Waals surface area contributed by atoms with Gasteiger partial charge >= 0.3 is 0 Å². The standard InChI is InChI=1S/C11H19NO2/c1-3-5-9-12-10(13)7-6-8-11(12)14-4-2/h3,11H,1,4-9H2,2H3. The van der Waals surface area contributed by atoms with Gasteiger partial charge in [0.25, 0.3) is 0 Å². The number of amides is 1. The van der Waals surface area contributed by atoms with Gasteiger partial charge in [0.2, 0.25) is 5.91 Å². The predicted octanol–water partition coefficient (Wildman–Crippen LogP) is 1.94. The van der Waals surface area contributed by atoms with Gasteiger partial charge in [0.1, 0.15) is 6.23 Å². The monoisotopic (exact) mass is 197 g/mol. The van der Waals surface area contributed by atoms with Crippen molar-refractivity contribution in [1.29, 1.82) is 0 Å². The molecule has 80 valence electrons. The van der Waals surface area contributed by atoms with Gasteiger partial charge in [-0.2, -0.15) is 0 Å². The van der Waals surface area contributed by atoms with Crippen molar-refractivity contribution in [1.82, 2.24) is 4.90 Å². The molecule has 0 aromatic rings. The molecule has 1 fully saturated rings. The van der Waals surface area contributed by atoms with Crippen LogP contribution in [0.3, 0.4) is 0 Å². The molecule has 0 saturated carbocycles. The Morgan fingerprint density at radius 2 is 2.50 bits per heavy atom. The lowest BCUT2D eigenvalue weighted by Gasteiger charge is -2.34. The van der Waals surface area contributed by atoms with Crippen molar-refractivity contribution in [2.24, 2.45) is 0 Å². The summed E-state index contributed by atoms with van der Waals surface area (Å²) in [6.07, 6.45) is 5.27. The highest BCUT2D eigenvalue weighted by molar-refractivity contribution is 5.77. The molecule has 0 bridgehead atoms. The summed E-state index contributed by atoms with van der Waals surface area (Å²) in [5.74, 6) is 0.219. The van der Waals surface area contributed by atoms with Crippen LogP contribution in [0.2, 0.25) is 0 Å². The summed E-state index contributed by atoms with van der Waals surface area (Å²) in [5, 5.41) is 0. The van der Waals surface area contributed by atoms with Crippen LogP contribution in [0.25, 0.3) is 0 Å². The summed E-state index contributed by atoms with van der Waals surface area (Å²) in [5.41, 5.74) is 0. The lowest BCUT2D eigenvalue weighted by Crippen LogP contribution is -2.45. The van der Waals surface area contributed by atoms with Crippen LogP contribution in [-0.2, 0) is 9.53 Å². The lowest BCUT2D eigenvalue weighted by atomic mass is 10.1. The first-order valence-electron chi connectivity index (χ1n) is 5.31. The minimum Gasteiger partial charge on any atom is -0.359 e. The van der Waals surface area contributed by atoms with Crippen LogP contribution in [0.1, 0.15) is 32.6 Å². The second-order valence-electron chi connectivity index (χ2n) is 3.47. The molecule has 1 amide bonds. The molecular weight excluding hydrogens is 178 g/mol. The Bertz CT molecular complexity index is 201. The van der Waals surface area contributed by atoms with Crippen molar-refractivity contribution in [3.05, 3.63) is 12.7 Å². The number of likely N-dealkylation sites (tertiary alicyclic amines) is 1. The number of hydrogen-bond acceptors (Lipinski definition) is 2. The minimum absolute atomic E-state index is 0.00111. The highest BCUT2D eigenvalue weighted by Crippen LogP contribution is 2.19. The molecule has 1 atom stereocenters. The van der Waals surface area contributed by atoms with Crippen molar-refractivity contribution in [2.75, 3.05) is 13.2 Å². The minimum atomic E-state index is 0.00111. The summed E-state index contributed by atoms with van der Waals surface area (Å²) in [4.78, 5) is 13.4. The Morgan fingerprint density at radius 1 is 1.71 bits per heavy atom. The van der Waals surface area contributed by atoms with E-state index in [1.54, 1.807) is 0 Å². The van der Waals surface area contributed by atoms with Crippen LogP contribution in [0.5, 0.6) is 0 Å². The zero-order valence-electron chi connectivity index (χ0n) is 8.87. The van der Waals surface area contributed by atoms with Crippen LogP contribution in [0, 0.1) is 0 Å². The van der Waals surface area contributed by atoms with Gasteiger partial charge in [-0.1, -0.05) is 6.08 Å². The summed E-state index contributed by atoms with van der Waals surface area (Å²) in [6, 6.07) is 0. The van der Waals surface area contributed by atoms with E-state index in [-0.39, 0.29) is 12.1 Å². The molecule has 0 radical (unpaired) electrons. The Kier molecular flexibility index (Phi) is 4.66. The van der Waals surface area contributed by atoms with E-state index < -0.39 is 0 Å². The molecule has 0 N–H and O–H groups in total. The number of piperidine rings is 1. The molecule has 0 spiro atoms. The Balaban J connectivity index is 2.51. The highest BCUT2D eigenvalue weighted by atomic mass is 16.5. The van der Waals surface area contributed by atoms with Crippen LogP contribution in [-0.4, -0.2) is 30.2 Å². The maximum absolute atomic E-state index is 11.6. The van der Waals surface area contributed by atoms with Crippen molar-refractivity contribution in [2.45, 2.75) is 38.8 Å². The molecule has 1 saturated heterocycles. The molecule has 0 aromatic carbocycles. The summed E-state index contributed by atoms with van der Waals surface area (Å²) >= 11 is 0. The van der Waals surface area contributed by atoms with E-state index in [4.69, 9.17) is 4.74 Å². The van der Waals surface area contributed by atoms with Crippen molar-refractivity contribution in [3.8, 4) is 0 Å². The number of nitrogens with zero attached hydrogens (tertiary/aromatic N) is 1. The van der Waals surface area contributed by atoms with Crippen molar-refractivity contribution in [3.63, 3.8) is 0 Å². The van der Waals surface area contributed by atoms with Gasteiger partial charge in [-0.25, -0.2) is 0 Å². The van der Waals surface area contributed by atoms with Gasteiger partial charge in [0.15, 0.2) is 0 Å². The van der Waals surface area contributed by atoms with E-state index in [0.717, 1.165) is 25.8 Å². The summed E-state index contributed by atoms with van der Waals surface area (Å²) in [6.45, 7) is 7.04. The average molecular weight is 197 g/mol. The van der Waals surface area contributed by atoms with E-state index in [1.807, 2.05) is 17.9 Å².